The van der Waals surface area contributed by atoms with Crippen LogP contribution in [-0.4, -0.2) is 5.91 Å². The lowest BCUT2D eigenvalue weighted by atomic mass is 10.1. The highest BCUT2D eigenvalue weighted by Gasteiger charge is 2.03. The van der Waals surface area contributed by atoms with Crippen LogP contribution in [0.3, 0.4) is 0 Å². The van der Waals surface area contributed by atoms with Crippen molar-refractivity contribution >= 4 is 33.6 Å². The highest BCUT2D eigenvalue weighted by Crippen LogP contribution is 2.24. The number of rotatable bonds is 4. The second-order valence-electron chi connectivity index (χ2n) is 4.90. The first kappa shape index (κ1) is 15.5. The van der Waals surface area contributed by atoms with E-state index in [4.69, 9.17) is 0 Å². The van der Waals surface area contributed by atoms with Gasteiger partial charge in [0.15, 0.2) is 0 Å². The molecule has 0 saturated heterocycles. The highest BCUT2D eigenvalue weighted by molar-refractivity contribution is 9.10. The lowest BCUT2D eigenvalue weighted by molar-refractivity contribution is -0.111. The van der Waals surface area contributed by atoms with Crippen molar-refractivity contribution < 1.29 is 4.79 Å². The molecule has 21 heavy (non-hydrogen) atoms. The minimum Gasteiger partial charge on any atom is -0.321 e. The fraction of sp³-hybridized carbons (Fsp3) is 0.167. The molecule has 1 N–H and O–H groups in total. The number of anilines is 1. The number of carbonyl (C=O) groups excluding carboxylic acids is 1. The van der Waals surface area contributed by atoms with E-state index in [0.717, 1.165) is 22.1 Å². The van der Waals surface area contributed by atoms with Gasteiger partial charge in [-0.3, -0.25) is 4.79 Å². The third kappa shape index (κ3) is 4.57. The maximum absolute atomic E-state index is 11.9. The zero-order chi connectivity index (χ0) is 15.2. The minimum absolute atomic E-state index is 0.138. The number of carbonyl (C=O) groups is 1. The molecule has 0 saturated carbocycles. The summed E-state index contributed by atoms with van der Waals surface area (Å²) in [6, 6.07) is 14.0. The standard InChI is InChI=1S/C18H18BrNO/c1-3-14-8-10-17(16(19)12-14)20-18(21)11-9-15-6-4-13(2)5-7-15/h4-12H,3H2,1-2H3,(H,20,21)/b11-9+. The van der Waals surface area contributed by atoms with E-state index in [1.54, 1.807) is 6.08 Å². The Morgan fingerprint density at radius 2 is 1.90 bits per heavy atom. The quantitative estimate of drug-likeness (QED) is 0.780. The maximum Gasteiger partial charge on any atom is 0.248 e. The van der Waals surface area contributed by atoms with Crippen LogP contribution in [0.2, 0.25) is 0 Å². The van der Waals surface area contributed by atoms with E-state index in [9.17, 15) is 4.79 Å². The van der Waals surface area contributed by atoms with Gasteiger partial charge in [-0.05, 0) is 58.6 Å². The SMILES string of the molecule is CCc1ccc(NC(=O)/C=C/c2ccc(C)cc2)c(Br)c1. The second-order valence-corrected chi connectivity index (χ2v) is 5.76. The van der Waals surface area contributed by atoms with Gasteiger partial charge in [-0.2, -0.15) is 0 Å². The van der Waals surface area contributed by atoms with Crippen LogP contribution in [0.1, 0.15) is 23.6 Å². The highest BCUT2D eigenvalue weighted by atomic mass is 79.9. The Labute approximate surface area is 134 Å². The van der Waals surface area contributed by atoms with E-state index in [1.807, 2.05) is 55.5 Å². The molecule has 3 heteroatoms. The Bertz CT molecular complexity index is 659. The van der Waals surface area contributed by atoms with E-state index in [2.05, 4.69) is 28.2 Å². The van der Waals surface area contributed by atoms with Gasteiger partial charge in [0, 0.05) is 10.5 Å². The number of amides is 1. The first-order chi connectivity index (χ1) is 10.1. The molecule has 0 bridgehead atoms. The van der Waals surface area contributed by atoms with Gasteiger partial charge < -0.3 is 5.32 Å². The Morgan fingerprint density at radius 3 is 2.52 bits per heavy atom. The van der Waals surface area contributed by atoms with Gasteiger partial charge in [-0.15, -0.1) is 0 Å². The van der Waals surface area contributed by atoms with Gasteiger partial charge in [0.1, 0.15) is 0 Å². The Morgan fingerprint density at radius 1 is 1.19 bits per heavy atom. The number of aryl methyl sites for hydroxylation is 2. The van der Waals surface area contributed by atoms with Crippen molar-refractivity contribution in [2.24, 2.45) is 0 Å². The first-order valence-corrected chi connectivity index (χ1v) is 7.72. The van der Waals surface area contributed by atoms with Crippen LogP contribution < -0.4 is 5.32 Å². The number of hydrogen-bond acceptors (Lipinski definition) is 1. The number of halogens is 1. The summed E-state index contributed by atoms with van der Waals surface area (Å²) in [5, 5.41) is 2.87. The minimum atomic E-state index is -0.138. The van der Waals surface area contributed by atoms with Gasteiger partial charge in [0.2, 0.25) is 5.91 Å². The largest absolute Gasteiger partial charge is 0.321 e. The normalized spacial score (nSPS) is 10.8. The molecule has 0 radical (unpaired) electrons. The lowest BCUT2D eigenvalue weighted by Crippen LogP contribution is -2.08. The van der Waals surface area contributed by atoms with Gasteiger partial charge in [0.05, 0.1) is 5.69 Å². The van der Waals surface area contributed by atoms with Crippen LogP contribution in [0.5, 0.6) is 0 Å². The molecule has 0 spiro atoms. The van der Waals surface area contributed by atoms with E-state index in [0.29, 0.717) is 0 Å². The smallest absolute Gasteiger partial charge is 0.248 e. The molecule has 1 amide bonds. The predicted octanol–water partition coefficient (Wildman–Crippen LogP) is 4.97. The van der Waals surface area contributed by atoms with Crippen molar-refractivity contribution in [1.82, 2.24) is 0 Å². The lowest BCUT2D eigenvalue weighted by Gasteiger charge is -2.06. The average Bonchev–Trinajstić information content (AvgIpc) is 2.48. The number of benzene rings is 2. The van der Waals surface area contributed by atoms with E-state index in [1.165, 1.54) is 11.1 Å². The van der Waals surface area contributed by atoms with E-state index in [-0.39, 0.29) is 5.91 Å². The van der Waals surface area contributed by atoms with Gasteiger partial charge >= 0.3 is 0 Å². The van der Waals surface area contributed by atoms with Crippen LogP contribution in [0, 0.1) is 6.92 Å². The van der Waals surface area contributed by atoms with E-state index >= 15 is 0 Å². The third-order valence-electron chi connectivity index (χ3n) is 3.20. The molecule has 0 aliphatic rings. The van der Waals surface area contributed by atoms with Crippen molar-refractivity contribution in [3.8, 4) is 0 Å². The summed E-state index contributed by atoms with van der Waals surface area (Å²) < 4.78 is 0.902. The summed E-state index contributed by atoms with van der Waals surface area (Å²) in [7, 11) is 0. The number of nitrogens with one attached hydrogen (secondary N) is 1. The van der Waals surface area contributed by atoms with Gasteiger partial charge in [-0.25, -0.2) is 0 Å². The zero-order valence-electron chi connectivity index (χ0n) is 12.2. The Kier molecular flexibility index (Phi) is 5.34. The molecule has 2 nitrogen and oxygen atoms in total. The molecular formula is C18H18BrNO. The molecule has 0 heterocycles. The molecule has 0 aliphatic heterocycles. The molecule has 0 unspecified atom stereocenters. The summed E-state index contributed by atoms with van der Waals surface area (Å²) in [6.45, 7) is 4.14. The Balaban J connectivity index is 2.03. The fourth-order valence-corrected chi connectivity index (χ4v) is 2.43. The van der Waals surface area contributed by atoms with E-state index < -0.39 is 0 Å². The van der Waals surface area contributed by atoms with Crippen molar-refractivity contribution in [2.45, 2.75) is 20.3 Å². The summed E-state index contributed by atoms with van der Waals surface area (Å²) >= 11 is 3.48. The first-order valence-electron chi connectivity index (χ1n) is 6.92. The summed E-state index contributed by atoms with van der Waals surface area (Å²) in [6.07, 6.45) is 4.33. The third-order valence-corrected chi connectivity index (χ3v) is 3.86. The van der Waals surface area contributed by atoms with Crippen LogP contribution >= 0.6 is 15.9 Å². The second kappa shape index (κ2) is 7.23. The molecule has 2 rings (SSSR count). The summed E-state index contributed by atoms with van der Waals surface area (Å²) in [5.41, 5.74) is 4.23. The van der Waals surface area contributed by atoms with Crippen molar-refractivity contribution in [1.29, 1.82) is 0 Å². The molecule has 0 aromatic heterocycles. The molecule has 0 atom stereocenters. The van der Waals surface area contributed by atoms with Crippen LogP contribution in [0.25, 0.3) is 6.08 Å². The summed E-state index contributed by atoms with van der Waals surface area (Å²) in [4.78, 5) is 11.9. The topological polar surface area (TPSA) is 29.1 Å². The van der Waals surface area contributed by atoms with Gasteiger partial charge in [-0.1, -0.05) is 42.8 Å². The van der Waals surface area contributed by atoms with Crippen molar-refractivity contribution in [3.05, 3.63) is 69.7 Å². The average molecular weight is 344 g/mol. The zero-order valence-corrected chi connectivity index (χ0v) is 13.8. The molecule has 108 valence electrons. The van der Waals surface area contributed by atoms with Crippen molar-refractivity contribution in [3.63, 3.8) is 0 Å². The van der Waals surface area contributed by atoms with Crippen molar-refractivity contribution in [2.75, 3.05) is 5.32 Å². The molecule has 0 aliphatic carbocycles. The van der Waals surface area contributed by atoms with Crippen LogP contribution in [-0.2, 0) is 11.2 Å². The fourth-order valence-electron chi connectivity index (χ4n) is 1.90. The molecule has 0 fully saturated rings. The maximum atomic E-state index is 11.9. The Hall–Kier alpha value is -1.87. The number of hydrogen-bond donors (Lipinski definition) is 1. The van der Waals surface area contributed by atoms with Crippen LogP contribution in [0.4, 0.5) is 5.69 Å². The van der Waals surface area contributed by atoms with Crippen LogP contribution in [0.15, 0.2) is 53.0 Å². The summed E-state index contributed by atoms with van der Waals surface area (Å²) in [5.74, 6) is -0.138. The molecular weight excluding hydrogens is 326 g/mol. The monoisotopic (exact) mass is 343 g/mol. The molecule has 2 aromatic carbocycles. The predicted molar refractivity (Wildman–Crippen MR) is 92.4 cm³/mol. The van der Waals surface area contributed by atoms with Gasteiger partial charge in [0.25, 0.3) is 0 Å². The molecule has 2 aromatic rings.